The summed E-state index contributed by atoms with van der Waals surface area (Å²) < 4.78 is 56.3. The maximum absolute atomic E-state index is 13.2. The summed E-state index contributed by atoms with van der Waals surface area (Å²) in [6.45, 7) is 1.18. The number of anilines is 1. The fourth-order valence-corrected chi connectivity index (χ4v) is 3.06. The molecule has 3 rings (SSSR count). The Hall–Kier alpha value is -3.40. The minimum atomic E-state index is -4.70. The van der Waals surface area contributed by atoms with E-state index in [1.165, 1.54) is 26.4 Å². The quantitative estimate of drug-likeness (QED) is 0.533. The fourth-order valence-electron chi connectivity index (χ4n) is 2.84. The molecule has 7 nitrogen and oxygen atoms in total. The predicted octanol–water partition coefficient (Wildman–Crippen LogP) is 4.89. The molecule has 0 radical (unpaired) electrons. The summed E-state index contributed by atoms with van der Waals surface area (Å²) in [4.78, 5) is 12.4. The SMILES string of the molecule is COc1cc(C)c(NC(=O)COc2cc(C(F)(F)F)nn2-c2ccccc2Cl)cc1OC. The van der Waals surface area contributed by atoms with E-state index in [1.807, 2.05) is 0 Å². The van der Waals surface area contributed by atoms with Crippen molar-refractivity contribution in [1.82, 2.24) is 9.78 Å². The van der Waals surface area contributed by atoms with Crippen LogP contribution < -0.4 is 19.5 Å². The Morgan fingerprint density at radius 3 is 2.41 bits per heavy atom. The molecule has 32 heavy (non-hydrogen) atoms. The van der Waals surface area contributed by atoms with Crippen LogP contribution in [0.2, 0.25) is 5.02 Å². The zero-order chi connectivity index (χ0) is 23.5. The third-order valence-corrected chi connectivity index (χ3v) is 4.72. The van der Waals surface area contributed by atoms with Crippen LogP contribution in [0.25, 0.3) is 5.69 Å². The van der Waals surface area contributed by atoms with Crippen molar-refractivity contribution in [1.29, 1.82) is 0 Å². The van der Waals surface area contributed by atoms with Gasteiger partial charge in [-0.2, -0.15) is 23.0 Å². The molecular formula is C21H19ClF3N3O4. The van der Waals surface area contributed by atoms with Crippen molar-refractivity contribution in [3.63, 3.8) is 0 Å². The van der Waals surface area contributed by atoms with E-state index in [9.17, 15) is 18.0 Å². The van der Waals surface area contributed by atoms with Crippen molar-refractivity contribution in [2.75, 3.05) is 26.1 Å². The average Bonchev–Trinajstić information content (AvgIpc) is 3.18. The topological polar surface area (TPSA) is 74.6 Å². The van der Waals surface area contributed by atoms with Gasteiger partial charge in [0.25, 0.3) is 5.91 Å². The second-order valence-electron chi connectivity index (χ2n) is 6.59. The molecule has 2 aromatic carbocycles. The Kier molecular flexibility index (Phi) is 6.83. The van der Waals surface area contributed by atoms with Gasteiger partial charge in [0.05, 0.1) is 24.9 Å². The highest BCUT2D eigenvalue weighted by atomic mass is 35.5. The molecule has 0 atom stereocenters. The van der Waals surface area contributed by atoms with E-state index in [4.69, 9.17) is 25.8 Å². The lowest BCUT2D eigenvalue weighted by molar-refractivity contribution is -0.141. The lowest BCUT2D eigenvalue weighted by atomic mass is 10.1. The number of hydrogen-bond acceptors (Lipinski definition) is 5. The van der Waals surface area contributed by atoms with Gasteiger partial charge in [0.2, 0.25) is 5.88 Å². The molecule has 0 saturated carbocycles. The Labute approximate surface area is 186 Å². The maximum atomic E-state index is 13.2. The van der Waals surface area contributed by atoms with Gasteiger partial charge in [0.1, 0.15) is 0 Å². The highest BCUT2D eigenvalue weighted by Crippen LogP contribution is 2.34. The molecule has 0 saturated heterocycles. The monoisotopic (exact) mass is 469 g/mol. The van der Waals surface area contributed by atoms with Crippen molar-refractivity contribution in [2.45, 2.75) is 13.1 Å². The molecule has 170 valence electrons. The number of alkyl halides is 3. The highest BCUT2D eigenvalue weighted by Gasteiger charge is 2.36. The number of aromatic nitrogens is 2. The smallest absolute Gasteiger partial charge is 0.435 e. The number of ether oxygens (including phenoxy) is 3. The van der Waals surface area contributed by atoms with E-state index in [2.05, 4.69) is 10.4 Å². The van der Waals surface area contributed by atoms with E-state index in [1.54, 1.807) is 31.2 Å². The van der Waals surface area contributed by atoms with Crippen molar-refractivity contribution in [3.8, 4) is 23.1 Å². The molecule has 0 unspecified atom stereocenters. The summed E-state index contributed by atoms with van der Waals surface area (Å²) in [5, 5.41) is 6.35. The van der Waals surface area contributed by atoms with Gasteiger partial charge in [0, 0.05) is 17.8 Å². The van der Waals surface area contributed by atoms with Gasteiger partial charge in [-0.3, -0.25) is 4.79 Å². The molecular weight excluding hydrogens is 451 g/mol. The third-order valence-electron chi connectivity index (χ3n) is 4.40. The summed E-state index contributed by atoms with van der Waals surface area (Å²) >= 11 is 6.10. The first-order chi connectivity index (χ1) is 15.1. The molecule has 0 fully saturated rings. The highest BCUT2D eigenvalue weighted by molar-refractivity contribution is 6.32. The van der Waals surface area contributed by atoms with E-state index in [0.29, 0.717) is 28.8 Å². The molecule has 0 spiro atoms. The molecule has 0 aliphatic heterocycles. The van der Waals surface area contributed by atoms with Crippen molar-refractivity contribution < 1.29 is 32.2 Å². The first-order valence-corrected chi connectivity index (χ1v) is 9.59. The van der Waals surface area contributed by atoms with Crippen molar-refractivity contribution >= 4 is 23.2 Å². The number of carbonyl (C=O) groups is 1. The zero-order valence-electron chi connectivity index (χ0n) is 17.3. The number of methoxy groups -OCH3 is 2. The van der Waals surface area contributed by atoms with Crippen LogP contribution in [-0.4, -0.2) is 36.5 Å². The normalized spacial score (nSPS) is 11.2. The Morgan fingerprint density at radius 1 is 1.12 bits per heavy atom. The number of para-hydroxylation sites is 1. The first kappa shape index (κ1) is 23.3. The number of nitrogens with one attached hydrogen (secondary N) is 1. The minimum Gasteiger partial charge on any atom is -0.493 e. The average molecular weight is 470 g/mol. The number of aryl methyl sites for hydroxylation is 1. The van der Waals surface area contributed by atoms with E-state index < -0.39 is 24.4 Å². The number of hydrogen-bond donors (Lipinski definition) is 1. The van der Waals surface area contributed by atoms with Crippen LogP contribution in [0.1, 0.15) is 11.3 Å². The van der Waals surface area contributed by atoms with Gasteiger partial charge in [-0.15, -0.1) is 0 Å². The second-order valence-corrected chi connectivity index (χ2v) is 6.99. The van der Waals surface area contributed by atoms with Crippen LogP contribution in [0.3, 0.4) is 0 Å². The Morgan fingerprint density at radius 2 is 1.78 bits per heavy atom. The fraction of sp³-hybridized carbons (Fsp3) is 0.238. The molecule has 0 bridgehead atoms. The Bertz CT molecular complexity index is 1130. The van der Waals surface area contributed by atoms with Gasteiger partial charge in [0.15, 0.2) is 23.8 Å². The zero-order valence-corrected chi connectivity index (χ0v) is 18.0. The number of carbonyl (C=O) groups excluding carboxylic acids is 1. The molecule has 3 aromatic rings. The predicted molar refractivity (Wildman–Crippen MR) is 112 cm³/mol. The molecule has 1 aromatic heterocycles. The Balaban J connectivity index is 1.82. The maximum Gasteiger partial charge on any atom is 0.435 e. The molecule has 1 amide bonds. The lowest BCUT2D eigenvalue weighted by Crippen LogP contribution is -2.21. The van der Waals surface area contributed by atoms with Gasteiger partial charge < -0.3 is 19.5 Å². The summed E-state index contributed by atoms with van der Waals surface area (Å²) in [6.07, 6.45) is -4.70. The third kappa shape index (κ3) is 5.08. The van der Waals surface area contributed by atoms with Gasteiger partial charge >= 0.3 is 6.18 Å². The van der Waals surface area contributed by atoms with Crippen molar-refractivity contribution in [2.24, 2.45) is 0 Å². The summed E-state index contributed by atoms with van der Waals surface area (Å²) in [6, 6.07) is 10.2. The number of halogens is 4. The standard InChI is InChI=1S/C21H19ClF3N3O4/c1-12-8-16(30-2)17(31-3)9-14(12)26-19(29)11-32-20-10-18(21(23,24)25)27-28(20)15-7-5-4-6-13(15)22/h4-10H,11H2,1-3H3,(H,26,29). The van der Waals surface area contributed by atoms with Crippen LogP contribution in [0, 0.1) is 6.92 Å². The van der Waals surface area contributed by atoms with E-state index in [0.717, 1.165) is 4.68 Å². The van der Waals surface area contributed by atoms with Crippen LogP contribution >= 0.6 is 11.6 Å². The van der Waals surface area contributed by atoms with Crippen LogP contribution in [0.5, 0.6) is 17.4 Å². The van der Waals surface area contributed by atoms with Gasteiger partial charge in [-0.1, -0.05) is 23.7 Å². The molecule has 0 aliphatic carbocycles. The number of benzene rings is 2. The summed E-state index contributed by atoms with van der Waals surface area (Å²) in [5.74, 6) is 0.00824. The van der Waals surface area contributed by atoms with Crippen molar-refractivity contribution in [3.05, 3.63) is 58.7 Å². The van der Waals surface area contributed by atoms with E-state index in [-0.39, 0.29) is 16.6 Å². The molecule has 1 heterocycles. The number of nitrogens with zero attached hydrogens (tertiary/aromatic N) is 2. The minimum absolute atomic E-state index is 0.166. The van der Waals surface area contributed by atoms with Gasteiger partial charge in [-0.25, -0.2) is 0 Å². The summed E-state index contributed by atoms with van der Waals surface area (Å²) in [5.41, 5.74) is 0.127. The number of amides is 1. The van der Waals surface area contributed by atoms with Crippen LogP contribution in [-0.2, 0) is 11.0 Å². The molecule has 11 heteroatoms. The van der Waals surface area contributed by atoms with Crippen LogP contribution in [0.15, 0.2) is 42.5 Å². The van der Waals surface area contributed by atoms with E-state index >= 15 is 0 Å². The van der Waals surface area contributed by atoms with Crippen LogP contribution in [0.4, 0.5) is 18.9 Å². The first-order valence-electron chi connectivity index (χ1n) is 9.21. The largest absolute Gasteiger partial charge is 0.493 e. The summed E-state index contributed by atoms with van der Waals surface area (Å²) in [7, 11) is 2.94. The van der Waals surface area contributed by atoms with Gasteiger partial charge in [-0.05, 0) is 30.7 Å². The molecule has 0 aliphatic rings. The number of rotatable bonds is 7. The lowest BCUT2D eigenvalue weighted by Gasteiger charge is -2.14. The second kappa shape index (κ2) is 9.39. The molecule has 1 N–H and O–H groups in total.